The minimum atomic E-state index is 1.00. The van der Waals surface area contributed by atoms with Crippen molar-refractivity contribution in [2.24, 2.45) is 0 Å². The molecule has 2 aliphatic heterocycles. The van der Waals surface area contributed by atoms with E-state index >= 15 is 0 Å². The topological polar surface area (TPSA) is 8.29 Å². The molecular weight excluding hydrogens is 340 g/mol. The van der Waals surface area contributed by atoms with Gasteiger partial charge in [0.25, 0.3) is 5.65 Å². The van der Waals surface area contributed by atoms with Crippen molar-refractivity contribution in [2.75, 3.05) is 0 Å². The van der Waals surface area contributed by atoms with Gasteiger partial charge < -0.3 is 0 Å². The molecule has 2 heteroatoms. The zero-order valence-corrected chi connectivity index (χ0v) is 16.2. The van der Waals surface area contributed by atoms with Crippen LogP contribution in [0.15, 0.2) is 54.7 Å². The molecule has 0 N–H and O–H groups in total. The molecule has 0 saturated carbocycles. The number of benzene rings is 3. The molecule has 28 heavy (non-hydrogen) atoms. The van der Waals surface area contributed by atoms with Gasteiger partial charge in [0.05, 0.1) is 5.39 Å². The van der Waals surface area contributed by atoms with Crippen LogP contribution in [-0.4, -0.2) is 4.40 Å². The molecular formula is C26H21N2+. The summed E-state index contributed by atoms with van der Waals surface area (Å²) in [6.45, 7) is 5.49. The van der Waals surface area contributed by atoms with E-state index in [1.54, 1.807) is 0 Å². The third-order valence-electron chi connectivity index (χ3n) is 6.95. The van der Waals surface area contributed by atoms with Gasteiger partial charge >= 0.3 is 0 Å². The molecule has 0 amide bonds. The number of imidazole rings is 1. The standard InChI is InChI=1S/C26H21N2/c1-15-5-3-6-16(2)22(15)21-12-10-17-9-11-19-14-27-13-18-7-4-8-20-23(18)26(27)28(19)25(17)24(20)21/h3-8,10,12,14H,9,11,13H2,1-2H3/q+1. The van der Waals surface area contributed by atoms with E-state index in [-0.39, 0.29) is 0 Å². The fraction of sp³-hybridized carbons (Fsp3) is 0.192. The molecule has 0 unspecified atom stereocenters. The second kappa shape index (κ2) is 4.82. The molecule has 7 rings (SSSR count). The molecule has 0 aliphatic carbocycles. The summed E-state index contributed by atoms with van der Waals surface area (Å²) in [6.07, 6.45) is 4.66. The van der Waals surface area contributed by atoms with Crippen molar-refractivity contribution in [1.29, 1.82) is 0 Å². The Morgan fingerprint density at radius 3 is 2.50 bits per heavy atom. The number of aromatic nitrogens is 2. The van der Waals surface area contributed by atoms with Crippen LogP contribution in [0.3, 0.4) is 0 Å². The first kappa shape index (κ1) is 14.9. The molecule has 5 aromatic rings. The summed E-state index contributed by atoms with van der Waals surface area (Å²) >= 11 is 0. The summed E-state index contributed by atoms with van der Waals surface area (Å²) < 4.78 is 5.04. The molecule has 2 nitrogen and oxygen atoms in total. The second-order valence-corrected chi connectivity index (χ2v) is 8.51. The van der Waals surface area contributed by atoms with Crippen molar-refractivity contribution < 1.29 is 4.57 Å². The highest BCUT2D eigenvalue weighted by molar-refractivity contribution is 6.19. The first-order chi connectivity index (χ1) is 13.7. The molecule has 2 aliphatic rings. The third kappa shape index (κ3) is 1.59. The third-order valence-corrected chi connectivity index (χ3v) is 6.95. The van der Waals surface area contributed by atoms with E-state index in [4.69, 9.17) is 0 Å². The van der Waals surface area contributed by atoms with Crippen LogP contribution in [0, 0.1) is 13.8 Å². The minimum absolute atomic E-state index is 1.00. The van der Waals surface area contributed by atoms with Crippen LogP contribution in [0.25, 0.3) is 38.4 Å². The Bertz CT molecular complexity index is 1480. The molecule has 0 radical (unpaired) electrons. The highest BCUT2D eigenvalue weighted by Crippen LogP contribution is 2.43. The Kier molecular flexibility index (Phi) is 2.56. The highest BCUT2D eigenvalue weighted by Gasteiger charge is 2.34. The van der Waals surface area contributed by atoms with Gasteiger partial charge in [-0.25, -0.2) is 4.57 Å². The quantitative estimate of drug-likeness (QED) is 0.278. The van der Waals surface area contributed by atoms with Gasteiger partial charge in [-0.3, -0.25) is 0 Å². The molecule has 3 aromatic carbocycles. The number of nitrogens with zero attached hydrogens (tertiary/aromatic N) is 2. The van der Waals surface area contributed by atoms with Gasteiger partial charge in [-0.1, -0.05) is 48.5 Å². The van der Waals surface area contributed by atoms with E-state index in [1.165, 1.54) is 66.4 Å². The Morgan fingerprint density at radius 2 is 1.64 bits per heavy atom. The maximum atomic E-state index is 2.57. The lowest BCUT2D eigenvalue weighted by molar-refractivity contribution is -0.657. The lowest BCUT2D eigenvalue weighted by Crippen LogP contribution is -2.28. The van der Waals surface area contributed by atoms with E-state index in [0.29, 0.717) is 0 Å². The predicted molar refractivity (Wildman–Crippen MR) is 114 cm³/mol. The van der Waals surface area contributed by atoms with Crippen LogP contribution in [0.4, 0.5) is 0 Å². The fourth-order valence-electron chi connectivity index (χ4n) is 5.83. The number of hydrogen-bond donors (Lipinski definition) is 0. The Morgan fingerprint density at radius 1 is 0.821 bits per heavy atom. The number of aryl methyl sites for hydroxylation is 4. The molecule has 0 spiro atoms. The van der Waals surface area contributed by atoms with Crippen molar-refractivity contribution in [2.45, 2.75) is 33.2 Å². The van der Waals surface area contributed by atoms with E-state index in [2.05, 4.69) is 77.5 Å². The first-order valence-corrected chi connectivity index (χ1v) is 10.2. The average molecular weight is 361 g/mol. The lowest BCUT2D eigenvalue weighted by Gasteiger charge is -2.18. The van der Waals surface area contributed by atoms with E-state index in [1.807, 2.05) is 0 Å². The van der Waals surface area contributed by atoms with Gasteiger partial charge in [0, 0.05) is 28.3 Å². The number of fused-ring (bicyclic) bond motifs is 1. The molecule has 0 fully saturated rings. The van der Waals surface area contributed by atoms with Crippen molar-refractivity contribution in [3.63, 3.8) is 0 Å². The molecule has 0 atom stereocenters. The van der Waals surface area contributed by atoms with Crippen LogP contribution in [-0.2, 0) is 19.4 Å². The summed E-state index contributed by atoms with van der Waals surface area (Å²) in [7, 11) is 0. The zero-order chi connectivity index (χ0) is 18.6. The number of rotatable bonds is 1. The van der Waals surface area contributed by atoms with Crippen LogP contribution in [0.1, 0.15) is 27.9 Å². The molecule has 0 bridgehead atoms. The molecule has 134 valence electrons. The Labute approximate surface area is 163 Å². The Balaban J connectivity index is 1.82. The number of hydrogen-bond acceptors (Lipinski definition) is 0. The average Bonchev–Trinajstić information content (AvgIpc) is 3.23. The Hall–Kier alpha value is -3.13. The van der Waals surface area contributed by atoms with Gasteiger partial charge in [0.15, 0.2) is 0 Å². The maximum Gasteiger partial charge on any atom is 0.295 e. The SMILES string of the molecule is Cc1cccc(C)c1-c1ccc2c3c1c1cccc4c1c1n3c(c[n+]1C4)CC2. The predicted octanol–water partition coefficient (Wildman–Crippen LogP) is 5.28. The van der Waals surface area contributed by atoms with Gasteiger partial charge in [0.2, 0.25) is 0 Å². The van der Waals surface area contributed by atoms with Crippen LogP contribution < -0.4 is 4.57 Å². The van der Waals surface area contributed by atoms with Crippen molar-refractivity contribution in [1.82, 2.24) is 4.40 Å². The fourth-order valence-corrected chi connectivity index (χ4v) is 5.83. The molecule has 4 heterocycles. The lowest BCUT2D eigenvalue weighted by atomic mass is 9.87. The van der Waals surface area contributed by atoms with Gasteiger partial charge in [0.1, 0.15) is 24.0 Å². The van der Waals surface area contributed by atoms with Crippen molar-refractivity contribution in [3.8, 4) is 11.1 Å². The van der Waals surface area contributed by atoms with Crippen molar-refractivity contribution >= 4 is 27.3 Å². The molecule has 2 aromatic heterocycles. The number of pyridine rings is 1. The van der Waals surface area contributed by atoms with E-state index in [9.17, 15) is 0 Å². The van der Waals surface area contributed by atoms with E-state index in [0.717, 1.165) is 19.4 Å². The summed E-state index contributed by atoms with van der Waals surface area (Å²) in [5.41, 5.74) is 12.7. The highest BCUT2D eigenvalue weighted by atomic mass is 15.1. The largest absolute Gasteiger partial charge is 0.295 e. The monoisotopic (exact) mass is 361 g/mol. The summed E-state index contributed by atoms with van der Waals surface area (Å²) in [5.74, 6) is 0. The van der Waals surface area contributed by atoms with Gasteiger partial charge in [-0.05, 0) is 42.5 Å². The maximum absolute atomic E-state index is 2.57. The summed E-state index contributed by atoms with van der Waals surface area (Å²) in [6, 6.07) is 18.3. The smallest absolute Gasteiger partial charge is 0.225 e. The summed E-state index contributed by atoms with van der Waals surface area (Å²) in [5, 5.41) is 4.30. The second-order valence-electron chi connectivity index (χ2n) is 8.51. The van der Waals surface area contributed by atoms with Crippen molar-refractivity contribution in [3.05, 3.63) is 82.7 Å². The zero-order valence-electron chi connectivity index (χ0n) is 16.2. The van der Waals surface area contributed by atoms with Crippen LogP contribution >= 0.6 is 0 Å². The molecule has 0 saturated heterocycles. The van der Waals surface area contributed by atoms with E-state index < -0.39 is 0 Å². The first-order valence-electron chi connectivity index (χ1n) is 10.2. The van der Waals surface area contributed by atoms with Crippen LogP contribution in [0.5, 0.6) is 0 Å². The normalized spacial score (nSPS) is 14.4. The summed E-state index contributed by atoms with van der Waals surface area (Å²) in [4.78, 5) is 0. The van der Waals surface area contributed by atoms with Crippen LogP contribution in [0.2, 0.25) is 0 Å². The minimum Gasteiger partial charge on any atom is -0.225 e. The van der Waals surface area contributed by atoms with Gasteiger partial charge in [-0.2, -0.15) is 4.40 Å². The van der Waals surface area contributed by atoms with Gasteiger partial charge in [-0.15, -0.1) is 0 Å².